The average Bonchev–Trinajstić information content (AvgIpc) is 2.69. The van der Waals surface area contributed by atoms with Crippen LogP contribution in [0.1, 0.15) is 19.5 Å². The number of nitrogens with zero attached hydrogens (tertiary/aromatic N) is 2. The lowest BCUT2D eigenvalue weighted by molar-refractivity contribution is 0.0715. The maximum absolute atomic E-state index is 5.59. The number of benzene rings is 1. The second-order valence-electron chi connectivity index (χ2n) is 4.64. The maximum Gasteiger partial charge on any atom is 0.0841 e. The molecule has 0 aliphatic rings. The number of fused-ring (bicyclic) bond motifs is 1. The van der Waals surface area contributed by atoms with Crippen molar-refractivity contribution in [2.75, 3.05) is 13.7 Å². The quantitative estimate of drug-likeness (QED) is 0.850. The topological polar surface area (TPSA) is 39.1 Å². The predicted molar refractivity (Wildman–Crippen MR) is 73.6 cm³/mol. The minimum Gasteiger partial charge on any atom is -0.377 e. The molecule has 1 aromatic heterocycles. The fourth-order valence-electron chi connectivity index (χ4n) is 2.04. The smallest absolute Gasteiger partial charge is 0.0841 e. The van der Waals surface area contributed by atoms with E-state index in [9.17, 15) is 0 Å². The van der Waals surface area contributed by atoms with Gasteiger partial charge in [-0.15, -0.1) is 0 Å². The van der Waals surface area contributed by atoms with E-state index in [-0.39, 0.29) is 6.10 Å². The average molecular weight is 247 g/mol. The third-order valence-corrected chi connectivity index (χ3v) is 2.83. The summed E-state index contributed by atoms with van der Waals surface area (Å²) in [5.74, 6) is 0. The first-order chi connectivity index (χ1) is 8.72. The minimum absolute atomic E-state index is 0.267. The van der Waals surface area contributed by atoms with E-state index >= 15 is 0 Å². The number of hydrogen-bond donors (Lipinski definition) is 1. The van der Waals surface area contributed by atoms with Crippen LogP contribution in [-0.4, -0.2) is 29.5 Å². The van der Waals surface area contributed by atoms with Crippen LogP contribution in [0.15, 0.2) is 24.3 Å². The molecule has 0 aliphatic carbocycles. The zero-order chi connectivity index (χ0) is 13.0. The molecule has 1 N–H and O–H groups in total. The van der Waals surface area contributed by atoms with Gasteiger partial charge >= 0.3 is 0 Å². The molecule has 0 atom stereocenters. The molecular weight excluding hydrogens is 226 g/mol. The summed E-state index contributed by atoms with van der Waals surface area (Å²) in [6.07, 6.45) is 0.267. The van der Waals surface area contributed by atoms with E-state index < -0.39 is 0 Å². The Bertz CT molecular complexity index is 505. The largest absolute Gasteiger partial charge is 0.377 e. The molecule has 4 nitrogen and oxygen atoms in total. The van der Waals surface area contributed by atoms with Crippen molar-refractivity contribution in [3.8, 4) is 0 Å². The van der Waals surface area contributed by atoms with E-state index in [0.717, 1.165) is 18.8 Å². The molecule has 0 fully saturated rings. The van der Waals surface area contributed by atoms with Crippen molar-refractivity contribution >= 4 is 10.9 Å². The molecule has 0 amide bonds. The van der Waals surface area contributed by atoms with Gasteiger partial charge in [0.2, 0.25) is 0 Å². The second-order valence-corrected chi connectivity index (χ2v) is 4.64. The third-order valence-electron chi connectivity index (χ3n) is 2.83. The monoisotopic (exact) mass is 247 g/mol. The number of nitrogens with one attached hydrogen (secondary N) is 1. The standard InChI is InChI=1S/C14H21N3O/c1-11(2)18-9-8-17-14-7-5-4-6-12(14)13(16-17)10-15-3/h4-7,11,15H,8-10H2,1-3H3. The highest BCUT2D eigenvalue weighted by molar-refractivity contribution is 5.81. The van der Waals surface area contributed by atoms with Crippen molar-refractivity contribution in [1.29, 1.82) is 0 Å². The Balaban J connectivity index is 2.21. The van der Waals surface area contributed by atoms with Crippen molar-refractivity contribution < 1.29 is 4.74 Å². The first-order valence-corrected chi connectivity index (χ1v) is 6.43. The molecule has 1 heterocycles. The Morgan fingerprint density at radius 2 is 2.11 bits per heavy atom. The molecular formula is C14H21N3O. The van der Waals surface area contributed by atoms with Crippen LogP contribution >= 0.6 is 0 Å². The Morgan fingerprint density at radius 1 is 1.33 bits per heavy atom. The first kappa shape index (κ1) is 13.1. The molecule has 2 aromatic rings. The highest BCUT2D eigenvalue weighted by Crippen LogP contribution is 2.18. The summed E-state index contributed by atoms with van der Waals surface area (Å²) < 4.78 is 7.62. The fraction of sp³-hybridized carbons (Fsp3) is 0.500. The number of aromatic nitrogens is 2. The van der Waals surface area contributed by atoms with Crippen LogP contribution in [0.2, 0.25) is 0 Å². The molecule has 1 aromatic carbocycles. The molecule has 0 aliphatic heterocycles. The zero-order valence-electron chi connectivity index (χ0n) is 11.3. The molecule has 2 rings (SSSR count). The van der Waals surface area contributed by atoms with Gasteiger partial charge in [0.15, 0.2) is 0 Å². The van der Waals surface area contributed by atoms with E-state index in [2.05, 4.69) is 28.6 Å². The van der Waals surface area contributed by atoms with Gasteiger partial charge < -0.3 is 10.1 Å². The summed E-state index contributed by atoms with van der Waals surface area (Å²) in [5, 5.41) is 9.03. The van der Waals surface area contributed by atoms with E-state index in [1.165, 1.54) is 10.9 Å². The van der Waals surface area contributed by atoms with Gasteiger partial charge in [0.05, 0.1) is 30.5 Å². The summed E-state index contributed by atoms with van der Waals surface area (Å²) in [6.45, 7) is 6.38. The molecule has 4 heteroatoms. The molecule has 0 radical (unpaired) electrons. The van der Waals surface area contributed by atoms with Crippen molar-refractivity contribution in [3.05, 3.63) is 30.0 Å². The van der Waals surface area contributed by atoms with Crippen LogP contribution in [0.3, 0.4) is 0 Å². The molecule has 0 unspecified atom stereocenters. The van der Waals surface area contributed by atoms with Gasteiger partial charge in [-0.1, -0.05) is 18.2 Å². The van der Waals surface area contributed by atoms with Gasteiger partial charge in [-0.3, -0.25) is 4.68 Å². The van der Waals surface area contributed by atoms with Crippen molar-refractivity contribution in [3.63, 3.8) is 0 Å². The molecule has 0 bridgehead atoms. The SMILES string of the molecule is CNCc1nn(CCOC(C)C)c2ccccc12. The van der Waals surface area contributed by atoms with Crippen LogP contribution in [0.5, 0.6) is 0 Å². The van der Waals surface area contributed by atoms with Gasteiger partial charge in [0.1, 0.15) is 0 Å². The summed E-state index contributed by atoms with van der Waals surface area (Å²) in [4.78, 5) is 0. The second kappa shape index (κ2) is 5.98. The summed E-state index contributed by atoms with van der Waals surface area (Å²) in [6, 6.07) is 8.33. The Hall–Kier alpha value is -1.39. The fourth-order valence-corrected chi connectivity index (χ4v) is 2.04. The van der Waals surface area contributed by atoms with Crippen molar-refractivity contribution in [1.82, 2.24) is 15.1 Å². The Morgan fingerprint density at radius 3 is 2.83 bits per heavy atom. The number of hydrogen-bond acceptors (Lipinski definition) is 3. The van der Waals surface area contributed by atoms with Crippen molar-refractivity contribution in [2.45, 2.75) is 33.0 Å². The summed E-state index contributed by atoms with van der Waals surface area (Å²) >= 11 is 0. The lowest BCUT2D eigenvalue weighted by atomic mass is 10.2. The summed E-state index contributed by atoms with van der Waals surface area (Å²) in [7, 11) is 1.94. The van der Waals surface area contributed by atoms with Crippen LogP contribution in [0.4, 0.5) is 0 Å². The van der Waals surface area contributed by atoms with E-state index in [0.29, 0.717) is 6.61 Å². The van der Waals surface area contributed by atoms with Gasteiger partial charge in [0, 0.05) is 11.9 Å². The lowest BCUT2D eigenvalue weighted by Crippen LogP contribution is -2.12. The molecule has 98 valence electrons. The lowest BCUT2D eigenvalue weighted by Gasteiger charge is -2.07. The van der Waals surface area contributed by atoms with E-state index in [1.807, 2.05) is 31.6 Å². The normalized spacial score (nSPS) is 11.6. The van der Waals surface area contributed by atoms with E-state index in [1.54, 1.807) is 0 Å². The molecule has 18 heavy (non-hydrogen) atoms. The number of ether oxygens (including phenoxy) is 1. The third kappa shape index (κ3) is 2.89. The highest BCUT2D eigenvalue weighted by atomic mass is 16.5. The van der Waals surface area contributed by atoms with Crippen LogP contribution in [0.25, 0.3) is 10.9 Å². The van der Waals surface area contributed by atoms with Crippen LogP contribution in [-0.2, 0) is 17.8 Å². The minimum atomic E-state index is 0.267. The van der Waals surface area contributed by atoms with Crippen molar-refractivity contribution in [2.24, 2.45) is 0 Å². The van der Waals surface area contributed by atoms with E-state index in [4.69, 9.17) is 4.74 Å². The van der Waals surface area contributed by atoms with Crippen LogP contribution < -0.4 is 5.32 Å². The van der Waals surface area contributed by atoms with Gasteiger partial charge in [-0.25, -0.2) is 0 Å². The Kier molecular flexibility index (Phi) is 4.33. The van der Waals surface area contributed by atoms with Gasteiger partial charge in [0.25, 0.3) is 0 Å². The van der Waals surface area contributed by atoms with Gasteiger partial charge in [-0.2, -0.15) is 5.10 Å². The highest BCUT2D eigenvalue weighted by Gasteiger charge is 2.08. The maximum atomic E-state index is 5.59. The first-order valence-electron chi connectivity index (χ1n) is 6.43. The molecule has 0 saturated carbocycles. The van der Waals surface area contributed by atoms with Gasteiger partial charge in [-0.05, 0) is 27.0 Å². The number of rotatable bonds is 6. The zero-order valence-corrected chi connectivity index (χ0v) is 11.3. The Labute approximate surface area is 108 Å². The van der Waals surface area contributed by atoms with Crippen LogP contribution in [0, 0.1) is 0 Å². The number of para-hydroxylation sites is 1. The predicted octanol–water partition coefficient (Wildman–Crippen LogP) is 2.18. The molecule has 0 saturated heterocycles. The summed E-state index contributed by atoms with van der Waals surface area (Å²) in [5.41, 5.74) is 2.27. The molecule has 0 spiro atoms.